The first-order chi connectivity index (χ1) is 11.9. The summed E-state index contributed by atoms with van der Waals surface area (Å²) >= 11 is 1.27. The summed E-state index contributed by atoms with van der Waals surface area (Å²) in [7, 11) is -2.30. The number of rotatable bonds is 6. The number of oxazole rings is 1. The molecule has 0 unspecified atom stereocenters. The van der Waals surface area contributed by atoms with Crippen LogP contribution in [0.5, 0.6) is 0 Å². The first-order valence-electron chi connectivity index (χ1n) is 7.15. The van der Waals surface area contributed by atoms with Gasteiger partial charge in [-0.2, -0.15) is 0 Å². The molecule has 0 radical (unpaired) electrons. The number of amides is 1. The molecule has 9 nitrogen and oxygen atoms in total. The SMILES string of the molecule is Cn1c(=O)oc2cc(S(=O)(=O)NCCC(=O)Nc3nccs3)ccc21. The molecule has 0 bridgehead atoms. The van der Waals surface area contributed by atoms with Crippen molar-refractivity contribution >= 4 is 43.5 Å². The van der Waals surface area contributed by atoms with Crippen LogP contribution in [0.25, 0.3) is 11.1 Å². The van der Waals surface area contributed by atoms with Crippen molar-refractivity contribution in [2.75, 3.05) is 11.9 Å². The fourth-order valence-electron chi connectivity index (χ4n) is 2.13. The third-order valence-electron chi connectivity index (χ3n) is 3.40. The Morgan fingerprint density at radius 3 is 2.92 bits per heavy atom. The second-order valence-electron chi connectivity index (χ2n) is 5.09. The number of benzene rings is 1. The van der Waals surface area contributed by atoms with E-state index in [0.29, 0.717) is 10.6 Å². The Labute approximate surface area is 146 Å². The van der Waals surface area contributed by atoms with Gasteiger partial charge in [-0.15, -0.1) is 11.3 Å². The lowest BCUT2D eigenvalue weighted by molar-refractivity contribution is -0.116. The maximum atomic E-state index is 12.3. The number of fused-ring (bicyclic) bond motifs is 1. The molecule has 1 aromatic carbocycles. The fourth-order valence-corrected chi connectivity index (χ4v) is 3.72. The molecule has 0 fully saturated rings. The van der Waals surface area contributed by atoms with Gasteiger partial charge in [-0.3, -0.25) is 9.36 Å². The van der Waals surface area contributed by atoms with Crippen LogP contribution < -0.4 is 15.8 Å². The minimum absolute atomic E-state index is 0.0402. The van der Waals surface area contributed by atoms with Gasteiger partial charge in [0.05, 0.1) is 10.4 Å². The number of carbonyl (C=O) groups excluding carboxylic acids is 1. The molecule has 0 aliphatic rings. The monoisotopic (exact) mass is 382 g/mol. The third kappa shape index (κ3) is 3.78. The topological polar surface area (TPSA) is 123 Å². The van der Waals surface area contributed by atoms with Gasteiger partial charge in [0.2, 0.25) is 15.9 Å². The van der Waals surface area contributed by atoms with Crippen molar-refractivity contribution in [1.29, 1.82) is 0 Å². The van der Waals surface area contributed by atoms with E-state index >= 15 is 0 Å². The Morgan fingerprint density at radius 1 is 1.40 bits per heavy atom. The van der Waals surface area contributed by atoms with Crippen molar-refractivity contribution in [3.63, 3.8) is 0 Å². The smallest absolute Gasteiger partial charge is 0.408 e. The Morgan fingerprint density at radius 2 is 2.20 bits per heavy atom. The van der Waals surface area contributed by atoms with Crippen molar-refractivity contribution < 1.29 is 17.6 Å². The third-order valence-corrected chi connectivity index (χ3v) is 5.54. The minimum atomic E-state index is -3.83. The van der Waals surface area contributed by atoms with E-state index in [2.05, 4.69) is 15.0 Å². The standard InChI is InChI=1S/C14H14N4O5S2/c1-18-10-3-2-9(8-11(10)23-14(18)20)25(21,22)16-5-4-12(19)17-13-15-6-7-24-13/h2-3,6-8,16H,4-5H2,1H3,(H,15,17,19). The number of aromatic nitrogens is 2. The summed E-state index contributed by atoms with van der Waals surface area (Å²) in [5.41, 5.74) is 0.670. The van der Waals surface area contributed by atoms with Crippen molar-refractivity contribution in [2.45, 2.75) is 11.3 Å². The highest BCUT2D eigenvalue weighted by Gasteiger charge is 2.17. The Kier molecular flexibility index (Phi) is 4.70. The van der Waals surface area contributed by atoms with Crippen LogP contribution >= 0.6 is 11.3 Å². The van der Waals surface area contributed by atoms with Gasteiger partial charge < -0.3 is 9.73 Å². The molecule has 2 aromatic heterocycles. The summed E-state index contributed by atoms with van der Waals surface area (Å²) in [5, 5.41) is 4.74. The van der Waals surface area contributed by atoms with E-state index in [-0.39, 0.29) is 29.4 Å². The van der Waals surface area contributed by atoms with Gasteiger partial charge >= 0.3 is 5.76 Å². The average Bonchev–Trinajstić information content (AvgIpc) is 3.15. The van der Waals surface area contributed by atoms with E-state index in [1.54, 1.807) is 11.6 Å². The zero-order chi connectivity index (χ0) is 18.0. The lowest BCUT2D eigenvalue weighted by Gasteiger charge is -2.06. The number of nitrogens with zero attached hydrogens (tertiary/aromatic N) is 2. The number of anilines is 1. The summed E-state index contributed by atoms with van der Waals surface area (Å²) in [4.78, 5) is 27.0. The molecule has 0 aliphatic carbocycles. The molecule has 3 rings (SSSR count). The van der Waals surface area contributed by atoms with Crippen LogP contribution in [0.4, 0.5) is 5.13 Å². The second kappa shape index (κ2) is 6.78. The number of hydrogen-bond donors (Lipinski definition) is 2. The quantitative estimate of drug-likeness (QED) is 0.653. The van der Waals surface area contributed by atoms with E-state index in [0.717, 1.165) is 0 Å². The summed E-state index contributed by atoms with van der Waals surface area (Å²) in [6.45, 7) is -0.0731. The van der Waals surface area contributed by atoms with Crippen LogP contribution in [0.3, 0.4) is 0 Å². The predicted molar refractivity (Wildman–Crippen MR) is 92.0 cm³/mol. The molecule has 25 heavy (non-hydrogen) atoms. The van der Waals surface area contributed by atoms with Crippen LogP contribution in [0.15, 0.2) is 43.9 Å². The second-order valence-corrected chi connectivity index (χ2v) is 7.75. The number of aryl methyl sites for hydroxylation is 1. The summed E-state index contributed by atoms with van der Waals surface area (Å²) in [6, 6.07) is 4.13. The number of nitrogens with one attached hydrogen (secondary N) is 2. The normalized spacial score (nSPS) is 11.7. The molecule has 132 valence electrons. The van der Waals surface area contributed by atoms with Crippen molar-refractivity contribution in [2.24, 2.45) is 7.05 Å². The van der Waals surface area contributed by atoms with E-state index in [4.69, 9.17) is 4.42 Å². The van der Waals surface area contributed by atoms with Gasteiger partial charge in [-0.25, -0.2) is 22.9 Å². The molecule has 0 saturated carbocycles. The van der Waals surface area contributed by atoms with Crippen molar-refractivity contribution in [3.8, 4) is 0 Å². The number of carbonyl (C=O) groups is 1. The highest BCUT2D eigenvalue weighted by molar-refractivity contribution is 7.89. The molecule has 0 saturated heterocycles. The summed E-state index contributed by atoms with van der Waals surface area (Å²) < 4.78 is 33.2. The van der Waals surface area contributed by atoms with E-state index in [1.165, 1.54) is 41.2 Å². The number of thiazole rings is 1. The van der Waals surface area contributed by atoms with Gasteiger partial charge in [0.25, 0.3) is 0 Å². The molecule has 11 heteroatoms. The molecule has 0 atom stereocenters. The zero-order valence-corrected chi connectivity index (χ0v) is 14.7. The molecule has 0 spiro atoms. The van der Waals surface area contributed by atoms with Gasteiger partial charge in [-0.05, 0) is 12.1 Å². The van der Waals surface area contributed by atoms with Crippen LogP contribution in [0.2, 0.25) is 0 Å². The fraction of sp³-hybridized carbons (Fsp3) is 0.214. The first-order valence-corrected chi connectivity index (χ1v) is 9.52. The number of hydrogen-bond acceptors (Lipinski definition) is 7. The van der Waals surface area contributed by atoms with Gasteiger partial charge in [-0.1, -0.05) is 0 Å². The van der Waals surface area contributed by atoms with Gasteiger partial charge in [0.1, 0.15) is 0 Å². The Bertz CT molecular complexity index is 1070. The highest BCUT2D eigenvalue weighted by atomic mass is 32.2. The number of sulfonamides is 1. The van der Waals surface area contributed by atoms with E-state index in [1.807, 2.05) is 0 Å². The molecule has 1 amide bonds. The van der Waals surface area contributed by atoms with Crippen LogP contribution in [0, 0.1) is 0 Å². The molecule has 2 N–H and O–H groups in total. The van der Waals surface area contributed by atoms with Crippen LogP contribution in [0.1, 0.15) is 6.42 Å². The van der Waals surface area contributed by atoms with Gasteiger partial charge in [0.15, 0.2) is 10.7 Å². The molecule has 2 heterocycles. The Hall–Kier alpha value is -2.50. The Balaban J connectivity index is 1.65. The van der Waals surface area contributed by atoms with E-state index in [9.17, 15) is 18.0 Å². The zero-order valence-electron chi connectivity index (χ0n) is 13.1. The van der Waals surface area contributed by atoms with E-state index < -0.39 is 15.8 Å². The van der Waals surface area contributed by atoms with Crippen molar-refractivity contribution in [3.05, 3.63) is 40.3 Å². The maximum Gasteiger partial charge on any atom is 0.419 e. The molecule has 3 aromatic rings. The maximum absolute atomic E-state index is 12.3. The van der Waals surface area contributed by atoms with Crippen molar-refractivity contribution in [1.82, 2.24) is 14.3 Å². The molecular formula is C14H14N4O5S2. The lowest BCUT2D eigenvalue weighted by Crippen LogP contribution is -2.27. The largest absolute Gasteiger partial charge is 0.419 e. The predicted octanol–water partition coefficient (Wildman–Crippen LogP) is 0.895. The average molecular weight is 382 g/mol. The first kappa shape index (κ1) is 17.3. The van der Waals surface area contributed by atoms with Crippen LogP contribution in [-0.2, 0) is 21.9 Å². The summed E-state index contributed by atoms with van der Waals surface area (Å²) in [5.74, 6) is -0.918. The highest BCUT2D eigenvalue weighted by Crippen LogP contribution is 2.18. The van der Waals surface area contributed by atoms with Crippen LogP contribution in [-0.4, -0.2) is 30.4 Å². The van der Waals surface area contributed by atoms with Gasteiger partial charge in [0, 0.05) is 37.7 Å². The molecular weight excluding hydrogens is 368 g/mol. The summed E-state index contributed by atoms with van der Waals surface area (Å²) in [6.07, 6.45) is 1.52. The minimum Gasteiger partial charge on any atom is -0.408 e. The molecule has 0 aliphatic heterocycles. The lowest BCUT2D eigenvalue weighted by atomic mass is 10.3.